The van der Waals surface area contributed by atoms with Crippen LogP contribution in [0.15, 0.2) is 53.6 Å². The van der Waals surface area contributed by atoms with Crippen molar-refractivity contribution >= 4 is 21.5 Å². The lowest BCUT2D eigenvalue weighted by molar-refractivity contribution is -0.367. The molecule has 0 atom stereocenters. The molecule has 0 aliphatic carbocycles. The maximum atomic E-state index is 12.9. The Labute approximate surface area is 144 Å². The maximum Gasteiger partial charge on any atom is 0.274 e. The minimum Gasteiger partial charge on any atom is -0.267 e. The van der Waals surface area contributed by atoms with E-state index < -0.39 is 10.0 Å². The van der Waals surface area contributed by atoms with Crippen LogP contribution in [0.1, 0.15) is 26.2 Å². The Morgan fingerprint density at radius 3 is 2.33 bits per heavy atom. The predicted octanol–water partition coefficient (Wildman–Crippen LogP) is 2.71. The highest BCUT2D eigenvalue weighted by Crippen LogP contribution is 2.23. The predicted molar refractivity (Wildman–Crippen MR) is 95.7 cm³/mol. The molecule has 2 aromatic rings. The summed E-state index contributed by atoms with van der Waals surface area (Å²) in [7, 11) is -3.57. The number of para-hydroxylation sites is 1. The number of hydrogen-bond acceptors (Lipinski definition) is 3. The molecule has 1 aliphatic heterocycles. The molecule has 1 aromatic heterocycles. The first-order chi connectivity index (χ1) is 11.6. The number of H-pyrrole nitrogens is 1. The van der Waals surface area contributed by atoms with E-state index in [2.05, 4.69) is 9.88 Å². The number of rotatable bonds is 5. The molecule has 0 radical (unpaired) electrons. The second-order valence-electron chi connectivity index (χ2n) is 5.96. The van der Waals surface area contributed by atoms with Gasteiger partial charge in [-0.2, -0.15) is 0 Å². The van der Waals surface area contributed by atoms with Gasteiger partial charge in [-0.15, -0.1) is 0 Å². The summed E-state index contributed by atoms with van der Waals surface area (Å²) in [5.41, 5.74) is 0.681. The summed E-state index contributed by atoms with van der Waals surface area (Å²) in [6.07, 6.45) is 5.24. The minimum atomic E-state index is -3.57. The molecule has 128 valence electrons. The number of nitrogens with one attached hydrogen (secondary N) is 1. The summed E-state index contributed by atoms with van der Waals surface area (Å²) >= 11 is 0. The number of aromatic nitrogens is 1. The molecule has 6 heteroatoms. The summed E-state index contributed by atoms with van der Waals surface area (Å²) < 4.78 is 27.3. The van der Waals surface area contributed by atoms with Gasteiger partial charge < -0.3 is 0 Å². The summed E-state index contributed by atoms with van der Waals surface area (Å²) in [6.45, 7) is 4.28. The van der Waals surface area contributed by atoms with Gasteiger partial charge in [0.2, 0.25) is 0 Å². The van der Waals surface area contributed by atoms with Crippen molar-refractivity contribution in [2.75, 3.05) is 28.8 Å². The molecular formula is C18H24N3O2S+. The Bertz CT molecular complexity index is 755. The Morgan fingerprint density at radius 1 is 1.04 bits per heavy atom. The van der Waals surface area contributed by atoms with Crippen LogP contribution in [0.25, 0.3) is 0 Å². The molecule has 24 heavy (non-hydrogen) atoms. The Hall–Kier alpha value is -2.08. The number of aromatic amines is 1. The van der Waals surface area contributed by atoms with Crippen LogP contribution in [0.2, 0.25) is 0 Å². The van der Waals surface area contributed by atoms with E-state index in [1.54, 1.807) is 12.3 Å². The second kappa shape index (κ2) is 7.21. The summed E-state index contributed by atoms with van der Waals surface area (Å²) in [4.78, 5) is 5.72. The summed E-state index contributed by atoms with van der Waals surface area (Å²) in [5.74, 6) is 0.983. The number of pyridine rings is 1. The number of hydrogen-bond donors (Lipinski definition) is 0. The molecule has 0 saturated carbocycles. The largest absolute Gasteiger partial charge is 0.274 e. The molecule has 0 unspecified atom stereocenters. The van der Waals surface area contributed by atoms with Crippen LogP contribution in [-0.4, -0.2) is 28.1 Å². The van der Waals surface area contributed by atoms with Crippen molar-refractivity contribution in [3.8, 4) is 0 Å². The van der Waals surface area contributed by atoms with Gasteiger partial charge in [0.15, 0.2) is 0 Å². The summed E-state index contributed by atoms with van der Waals surface area (Å²) in [6, 6.07) is 12.8. The lowest BCUT2D eigenvalue weighted by Crippen LogP contribution is -2.35. The van der Waals surface area contributed by atoms with Gasteiger partial charge in [-0.1, -0.05) is 18.2 Å². The van der Waals surface area contributed by atoms with E-state index >= 15 is 0 Å². The third-order valence-corrected chi connectivity index (χ3v) is 6.28. The van der Waals surface area contributed by atoms with Gasteiger partial charge in [-0.3, -0.25) is 9.21 Å². The smallest absolute Gasteiger partial charge is 0.267 e. The van der Waals surface area contributed by atoms with Crippen molar-refractivity contribution in [2.45, 2.75) is 31.1 Å². The Kier molecular flexibility index (Phi) is 5.04. The van der Waals surface area contributed by atoms with Crippen molar-refractivity contribution < 1.29 is 13.4 Å². The molecule has 0 bridgehead atoms. The number of benzene rings is 1. The monoisotopic (exact) mass is 346 g/mol. The first-order valence-corrected chi connectivity index (χ1v) is 9.91. The van der Waals surface area contributed by atoms with Gasteiger partial charge in [0.05, 0.1) is 18.8 Å². The van der Waals surface area contributed by atoms with E-state index in [1.165, 1.54) is 23.6 Å². The normalized spacial score (nSPS) is 15.3. The zero-order valence-corrected chi connectivity index (χ0v) is 14.8. The fourth-order valence-electron chi connectivity index (χ4n) is 3.11. The molecule has 1 N–H and O–H groups in total. The zero-order valence-electron chi connectivity index (χ0n) is 14.0. The van der Waals surface area contributed by atoms with Gasteiger partial charge >= 0.3 is 0 Å². The van der Waals surface area contributed by atoms with Gasteiger partial charge in [0.25, 0.3) is 15.8 Å². The topological polar surface area (TPSA) is 54.8 Å². The molecule has 3 rings (SSSR count). The van der Waals surface area contributed by atoms with Gasteiger partial charge in [0, 0.05) is 12.6 Å². The molecule has 1 aliphatic rings. The number of piperidine rings is 1. The van der Waals surface area contributed by atoms with Gasteiger partial charge in [-0.25, -0.2) is 13.4 Å². The van der Waals surface area contributed by atoms with Gasteiger partial charge in [-0.05, 0) is 44.4 Å². The van der Waals surface area contributed by atoms with E-state index in [-0.39, 0.29) is 4.90 Å². The molecule has 1 saturated heterocycles. The van der Waals surface area contributed by atoms with Crippen molar-refractivity contribution in [2.24, 2.45) is 0 Å². The number of anilines is 2. The second-order valence-corrected chi connectivity index (χ2v) is 7.82. The van der Waals surface area contributed by atoms with Crippen molar-refractivity contribution in [3.05, 3.63) is 48.7 Å². The third-order valence-electron chi connectivity index (χ3n) is 4.38. The van der Waals surface area contributed by atoms with Crippen LogP contribution in [0, 0.1) is 0 Å². The van der Waals surface area contributed by atoms with Crippen LogP contribution >= 0.6 is 0 Å². The quantitative estimate of drug-likeness (QED) is 0.836. The lowest BCUT2D eigenvalue weighted by Gasteiger charge is -2.23. The molecule has 2 heterocycles. The third kappa shape index (κ3) is 3.38. The van der Waals surface area contributed by atoms with Crippen LogP contribution in [0.5, 0.6) is 0 Å². The summed E-state index contributed by atoms with van der Waals surface area (Å²) in [5, 5.41) is 0. The fraction of sp³-hybridized carbons (Fsp3) is 0.389. The molecular weight excluding hydrogens is 322 g/mol. The maximum absolute atomic E-state index is 12.9. The first kappa shape index (κ1) is 16.8. The molecule has 0 amide bonds. The molecule has 1 fully saturated rings. The van der Waals surface area contributed by atoms with Crippen LogP contribution in [0.3, 0.4) is 0 Å². The highest BCUT2D eigenvalue weighted by atomic mass is 32.2. The Morgan fingerprint density at radius 2 is 1.75 bits per heavy atom. The lowest BCUT2D eigenvalue weighted by atomic mass is 10.1. The van der Waals surface area contributed by atoms with E-state index in [1.807, 2.05) is 43.3 Å². The first-order valence-electron chi connectivity index (χ1n) is 8.47. The average Bonchev–Trinajstić information content (AvgIpc) is 2.64. The van der Waals surface area contributed by atoms with E-state index in [4.69, 9.17) is 0 Å². The number of sulfonamides is 1. The van der Waals surface area contributed by atoms with Crippen molar-refractivity contribution in [3.63, 3.8) is 0 Å². The fourth-order valence-corrected chi connectivity index (χ4v) is 4.55. The van der Waals surface area contributed by atoms with Crippen molar-refractivity contribution in [1.29, 1.82) is 0 Å². The standard InChI is InChI=1S/C18H23N3O2S/c1-2-21(16-9-5-3-6-10-16)24(22,23)17-11-12-18(19-15-17)20-13-7-4-8-14-20/h3,5-6,9-12,15H,2,4,7-8,13-14H2,1H3/p+1. The van der Waals surface area contributed by atoms with Gasteiger partial charge in [0.1, 0.15) is 11.1 Å². The van der Waals surface area contributed by atoms with Crippen LogP contribution < -0.4 is 14.2 Å². The average molecular weight is 346 g/mol. The van der Waals surface area contributed by atoms with Crippen molar-refractivity contribution in [1.82, 2.24) is 0 Å². The number of nitrogens with zero attached hydrogens (tertiary/aromatic N) is 2. The molecule has 0 spiro atoms. The Balaban J connectivity index is 1.86. The highest BCUT2D eigenvalue weighted by molar-refractivity contribution is 7.92. The minimum absolute atomic E-state index is 0.286. The molecule has 1 aromatic carbocycles. The van der Waals surface area contributed by atoms with E-state index in [0.717, 1.165) is 18.9 Å². The highest BCUT2D eigenvalue weighted by Gasteiger charge is 2.26. The van der Waals surface area contributed by atoms with Crippen LogP contribution in [-0.2, 0) is 10.0 Å². The molecule has 5 nitrogen and oxygen atoms in total. The van der Waals surface area contributed by atoms with E-state index in [0.29, 0.717) is 12.2 Å². The van der Waals surface area contributed by atoms with Crippen LogP contribution in [0.4, 0.5) is 11.5 Å². The SMILES string of the molecule is CCN(c1ccccc1)S(=O)(=O)c1ccc(N2CCCCC2)[nH+]c1. The van der Waals surface area contributed by atoms with E-state index in [9.17, 15) is 8.42 Å². The zero-order chi connectivity index (χ0) is 17.0.